The number of nitro groups is 1. The van der Waals surface area contributed by atoms with Gasteiger partial charge in [0.05, 0.1) is 12.0 Å². The fourth-order valence-corrected chi connectivity index (χ4v) is 2.07. The molecule has 2 aromatic heterocycles. The summed E-state index contributed by atoms with van der Waals surface area (Å²) in [4.78, 5) is 24.6. The van der Waals surface area contributed by atoms with E-state index in [0.29, 0.717) is 11.3 Å². The molecule has 0 aliphatic heterocycles. The number of anilines is 2. The topological polar surface area (TPSA) is 110 Å². The van der Waals surface area contributed by atoms with Crippen molar-refractivity contribution in [1.82, 2.24) is 19.9 Å². The molecule has 3 aromatic rings. The van der Waals surface area contributed by atoms with Gasteiger partial charge in [-0.25, -0.2) is 4.98 Å². The van der Waals surface area contributed by atoms with Crippen molar-refractivity contribution in [2.75, 3.05) is 5.32 Å². The van der Waals surface area contributed by atoms with Crippen LogP contribution >= 0.6 is 15.9 Å². The van der Waals surface area contributed by atoms with Crippen molar-refractivity contribution in [3.8, 4) is 0 Å². The maximum absolute atomic E-state index is 10.8. The Morgan fingerprint density at radius 1 is 1.30 bits per heavy atom. The van der Waals surface area contributed by atoms with Gasteiger partial charge in [-0.15, -0.1) is 0 Å². The summed E-state index contributed by atoms with van der Waals surface area (Å²) >= 11 is 3.39. The minimum atomic E-state index is -0.653. The number of aromatic nitrogens is 4. The van der Waals surface area contributed by atoms with Crippen LogP contribution in [0.25, 0.3) is 11.2 Å². The van der Waals surface area contributed by atoms with E-state index in [-0.39, 0.29) is 5.65 Å². The van der Waals surface area contributed by atoms with Gasteiger partial charge in [-0.3, -0.25) is 0 Å². The van der Waals surface area contributed by atoms with Crippen LogP contribution in [0.5, 0.6) is 0 Å². The van der Waals surface area contributed by atoms with E-state index in [9.17, 15) is 10.1 Å². The first kappa shape index (κ1) is 12.5. The molecule has 9 heteroatoms. The summed E-state index contributed by atoms with van der Waals surface area (Å²) in [7, 11) is 0. The van der Waals surface area contributed by atoms with E-state index >= 15 is 0 Å². The number of halogens is 1. The molecule has 8 nitrogen and oxygen atoms in total. The molecule has 3 rings (SSSR count). The van der Waals surface area contributed by atoms with Crippen LogP contribution in [0, 0.1) is 10.1 Å². The Bertz CT molecular complexity index is 802. The van der Waals surface area contributed by atoms with Crippen molar-refractivity contribution in [2.24, 2.45) is 0 Å². The number of nitrogens with one attached hydrogen (secondary N) is 2. The minimum Gasteiger partial charge on any atom is -0.390 e. The quantitative estimate of drug-likeness (QED) is 0.563. The highest BCUT2D eigenvalue weighted by molar-refractivity contribution is 9.10. The fourth-order valence-electron chi connectivity index (χ4n) is 1.68. The summed E-state index contributed by atoms with van der Waals surface area (Å²) in [5, 5.41) is 13.9. The molecule has 0 saturated heterocycles. The van der Waals surface area contributed by atoms with Gasteiger partial charge < -0.3 is 20.4 Å². The van der Waals surface area contributed by atoms with Gasteiger partial charge in [0.2, 0.25) is 5.82 Å². The second-order valence-electron chi connectivity index (χ2n) is 3.84. The van der Waals surface area contributed by atoms with Crippen LogP contribution in [0.2, 0.25) is 0 Å². The molecular weight excluding hydrogens is 328 g/mol. The number of benzene rings is 1. The van der Waals surface area contributed by atoms with E-state index in [1.807, 2.05) is 24.3 Å². The Balaban J connectivity index is 2.12. The zero-order chi connectivity index (χ0) is 14.1. The molecule has 2 heterocycles. The number of hydrogen-bond acceptors (Lipinski definition) is 6. The number of aromatic amines is 1. The summed E-state index contributed by atoms with van der Waals surface area (Å²) in [6.07, 6.45) is 1.41. The first-order valence-electron chi connectivity index (χ1n) is 5.52. The first-order chi connectivity index (χ1) is 9.65. The SMILES string of the molecule is O=[N+]([O-])c1nc(Nc2ccccc2Br)c2[nH]cnc2n1. The van der Waals surface area contributed by atoms with Crippen molar-refractivity contribution in [1.29, 1.82) is 0 Å². The van der Waals surface area contributed by atoms with E-state index in [0.717, 1.165) is 10.2 Å². The molecule has 0 fully saturated rings. The van der Waals surface area contributed by atoms with Gasteiger partial charge in [0.1, 0.15) is 0 Å². The molecule has 1 aromatic carbocycles. The molecule has 0 bridgehead atoms. The normalized spacial score (nSPS) is 10.7. The number of para-hydroxylation sites is 1. The summed E-state index contributed by atoms with van der Waals surface area (Å²) in [5.41, 5.74) is 1.48. The highest BCUT2D eigenvalue weighted by Gasteiger charge is 2.20. The average molecular weight is 335 g/mol. The number of imidazole rings is 1. The van der Waals surface area contributed by atoms with E-state index < -0.39 is 10.9 Å². The predicted molar refractivity (Wildman–Crippen MR) is 75.8 cm³/mol. The predicted octanol–water partition coefficient (Wildman–Crippen LogP) is 2.77. The molecule has 20 heavy (non-hydrogen) atoms. The number of hydrogen-bond donors (Lipinski definition) is 2. The van der Waals surface area contributed by atoms with Gasteiger partial charge >= 0.3 is 5.95 Å². The first-order valence-corrected chi connectivity index (χ1v) is 6.31. The summed E-state index contributed by atoms with van der Waals surface area (Å²) in [5.74, 6) is -0.203. The molecular formula is C11H7BrN6O2. The molecule has 2 N–H and O–H groups in total. The Hall–Kier alpha value is -2.55. The van der Waals surface area contributed by atoms with Crippen molar-refractivity contribution < 1.29 is 4.92 Å². The lowest BCUT2D eigenvalue weighted by molar-refractivity contribution is -0.394. The average Bonchev–Trinajstić information content (AvgIpc) is 2.89. The van der Waals surface area contributed by atoms with E-state index in [2.05, 4.69) is 41.2 Å². The Kier molecular flexibility index (Phi) is 3.03. The van der Waals surface area contributed by atoms with Crippen molar-refractivity contribution in [3.63, 3.8) is 0 Å². The van der Waals surface area contributed by atoms with Crippen molar-refractivity contribution in [2.45, 2.75) is 0 Å². The second-order valence-corrected chi connectivity index (χ2v) is 4.69. The van der Waals surface area contributed by atoms with Crippen LogP contribution in [0.1, 0.15) is 0 Å². The third-order valence-electron chi connectivity index (χ3n) is 2.56. The van der Waals surface area contributed by atoms with Gasteiger partial charge in [0.25, 0.3) is 5.65 Å². The summed E-state index contributed by atoms with van der Waals surface area (Å²) < 4.78 is 0.814. The van der Waals surface area contributed by atoms with Crippen molar-refractivity contribution in [3.05, 3.63) is 45.2 Å². The van der Waals surface area contributed by atoms with Gasteiger partial charge in [0.15, 0.2) is 5.52 Å². The minimum absolute atomic E-state index is 0.237. The Morgan fingerprint density at radius 3 is 2.85 bits per heavy atom. The zero-order valence-corrected chi connectivity index (χ0v) is 11.5. The third kappa shape index (κ3) is 2.18. The maximum atomic E-state index is 10.8. The van der Waals surface area contributed by atoms with Crippen LogP contribution in [-0.2, 0) is 0 Å². The van der Waals surface area contributed by atoms with Crippen LogP contribution in [0.4, 0.5) is 17.5 Å². The van der Waals surface area contributed by atoms with Crippen LogP contribution < -0.4 is 5.32 Å². The van der Waals surface area contributed by atoms with Gasteiger partial charge in [-0.1, -0.05) is 12.1 Å². The van der Waals surface area contributed by atoms with E-state index in [1.165, 1.54) is 6.33 Å². The monoisotopic (exact) mass is 334 g/mol. The molecule has 100 valence electrons. The lowest BCUT2D eigenvalue weighted by Gasteiger charge is -2.05. The van der Waals surface area contributed by atoms with Crippen LogP contribution in [-0.4, -0.2) is 24.9 Å². The Morgan fingerprint density at radius 2 is 2.10 bits per heavy atom. The third-order valence-corrected chi connectivity index (χ3v) is 3.26. The molecule has 0 aliphatic rings. The van der Waals surface area contributed by atoms with Crippen LogP contribution in [0.15, 0.2) is 35.1 Å². The lowest BCUT2D eigenvalue weighted by Crippen LogP contribution is -2.02. The fraction of sp³-hybridized carbons (Fsp3) is 0. The molecule has 0 aliphatic carbocycles. The van der Waals surface area contributed by atoms with Gasteiger partial charge in [0, 0.05) is 4.47 Å². The molecule has 0 atom stereocenters. The highest BCUT2D eigenvalue weighted by Crippen LogP contribution is 2.28. The summed E-state index contributed by atoms with van der Waals surface area (Å²) in [6.45, 7) is 0. The smallest absolute Gasteiger partial charge is 0.390 e. The van der Waals surface area contributed by atoms with Crippen molar-refractivity contribution >= 4 is 44.5 Å². The summed E-state index contributed by atoms with van der Waals surface area (Å²) in [6, 6.07) is 7.37. The molecule has 0 spiro atoms. The lowest BCUT2D eigenvalue weighted by atomic mass is 10.3. The molecule has 0 unspecified atom stereocenters. The largest absolute Gasteiger partial charge is 0.473 e. The zero-order valence-electron chi connectivity index (χ0n) is 9.87. The number of fused-ring (bicyclic) bond motifs is 1. The van der Waals surface area contributed by atoms with Crippen LogP contribution in [0.3, 0.4) is 0 Å². The highest BCUT2D eigenvalue weighted by atomic mass is 79.9. The Labute approximate surface area is 120 Å². The number of H-pyrrole nitrogens is 1. The molecule has 0 amide bonds. The molecule has 0 saturated carbocycles. The number of nitrogens with zero attached hydrogens (tertiary/aromatic N) is 4. The molecule has 0 radical (unpaired) electrons. The van der Waals surface area contributed by atoms with E-state index in [4.69, 9.17) is 0 Å². The maximum Gasteiger partial charge on any atom is 0.473 e. The van der Waals surface area contributed by atoms with E-state index in [1.54, 1.807) is 0 Å². The second kappa shape index (κ2) is 4.85. The number of rotatable bonds is 3. The standard InChI is InChI=1S/C11H7BrN6O2/c12-6-3-1-2-4-7(6)15-10-8-9(14-5-13-8)16-11(17-10)18(19)20/h1-5H,(H2,13,14,15,16,17). The van der Waals surface area contributed by atoms with Gasteiger partial charge in [-0.2, -0.15) is 0 Å². The van der Waals surface area contributed by atoms with Gasteiger partial charge in [-0.05, 0) is 43.0 Å².